The van der Waals surface area contributed by atoms with Crippen LogP contribution >= 0.6 is 0 Å². The molecule has 0 aromatic heterocycles. The fourth-order valence-electron chi connectivity index (χ4n) is 2.41. The molecule has 1 aromatic rings. The number of carbonyl (C=O) groups is 1. The fourth-order valence-corrected chi connectivity index (χ4v) is 2.41. The van der Waals surface area contributed by atoms with E-state index in [0.29, 0.717) is 12.2 Å². The molecule has 0 unspecified atom stereocenters. The van der Waals surface area contributed by atoms with Gasteiger partial charge in [-0.2, -0.15) is 13.2 Å². The summed E-state index contributed by atoms with van der Waals surface area (Å²) in [6, 6.07) is 3.10. The highest BCUT2D eigenvalue weighted by atomic mass is 19.4. The van der Waals surface area contributed by atoms with Crippen LogP contribution in [0.5, 0.6) is 0 Å². The molecular formula is C15H16F3NO2. The van der Waals surface area contributed by atoms with Gasteiger partial charge < -0.3 is 10.4 Å². The number of allylic oxidation sites excluding steroid dienone is 1. The summed E-state index contributed by atoms with van der Waals surface area (Å²) in [5.41, 5.74) is -0.126. The number of halogens is 3. The second kappa shape index (κ2) is 6.20. The summed E-state index contributed by atoms with van der Waals surface area (Å²) in [4.78, 5) is 11.0. The van der Waals surface area contributed by atoms with Gasteiger partial charge in [-0.15, -0.1) is 0 Å². The summed E-state index contributed by atoms with van der Waals surface area (Å²) in [5.74, 6) is -1.58. The van der Waals surface area contributed by atoms with Crippen molar-refractivity contribution >= 4 is 11.7 Å². The molecule has 0 radical (unpaired) electrons. The Kier molecular flexibility index (Phi) is 4.55. The third kappa shape index (κ3) is 4.00. The molecular weight excluding hydrogens is 283 g/mol. The largest absolute Gasteiger partial charge is 0.478 e. The molecule has 0 aliphatic heterocycles. The zero-order chi connectivity index (χ0) is 15.5. The second-order valence-electron chi connectivity index (χ2n) is 4.99. The number of hydrogen-bond donors (Lipinski definition) is 2. The number of hydrogen-bond acceptors (Lipinski definition) is 2. The van der Waals surface area contributed by atoms with Gasteiger partial charge in [0.1, 0.15) is 0 Å². The molecule has 0 saturated heterocycles. The number of carboxylic acid groups (broad SMARTS) is 1. The fraction of sp³-hybridized carbons (Fsp3) is 0.400. The lowest BCUT2D eigenvalue weighted by Crippen LogP contribution is -2.13. The van der Waals surface area contributed by atoms with Crippen LogP contribution < -0.4 is 5.32 Å². The molecule has 0 amide bonds. The van der Waals surface area contributed by atoms with Crippen LogP contribution in [-0.2, 0) is 6.18 Å². The third-order valence-corrected chi connectivity index (χ3v) is 3.47. The van der Waals surface area contributed by atoms with E-state index >= 15 is 0 Å². The van der Waals surface area contributed by atoms with Crippen LogP contribution in [0.25, 0.3) is 0 Å². The lowest BCUT2D eigenvalue weighted by molar-refractivity contribution is -0.138. The topological polar surface area (TPSA) is 49.3 Å². The summed E-state index contributed by atoms with van der Waals surface area (Å²) in [6.45, 7) is 0.580. The van der Waals surface area contributed by atoms with E-state index in [4.69, 9.17) is 5.11 Å². The summed E-state index contributed by atoms with van der Waals surface area (Å²) >= 11 is 0. The van der Waals surface area contributed by atoms with Crippen LogP contribution in [0.4, 0.5) is 18.9 Å². The van der Waals surface area contributed by atoms with Gasteiger partial charge in [-0.3, -0.25) is 0 Å². The van der Waals surface area contributed by atoms with Gasteiger partial charge in [-0.05, 0) is 43.9 Å². The van der Waals surface area contributed by atoms with E-state index in [-0.39, 0.29) is 0 Å². The van der Waals surface area contributed by atoms with Crippen LogP contribution in [0.3, 0.4) is 0 Å². The van der Waals surface area contributed by atoms with Gasteiger partial charge in [-0.1, -0.05) is 11.6 Å². The van der Waals surface area contributed by atoms with Crippen molar-refractivity contribution in [2.75, 3.05) is 11.9 Å². The van der Waals surface area contributed by atoms with Crippen LogP contribution in [-0.4, -0.2) is 17.6 Å². The highest BCUT2D eigenvalue weighted by Gasteiger charge is 2.35. The van der Waals surface area contributed by atoms with E-state index in [2.05, 4.69) is 11.4 Å². The Hall–Kier alpha value is -1.98. The molecule has 2 rings (SSSR count). The maximum absolute atomic E-state index is 12.7. The Morgan fingerprint density at radius 1 is 1.33 bits per heavy atom. The number of nitrogens with one attached hydrogen (secondary N) is 1. The number of rotatable bonds is 5. The average Bonchev–Trinajstić information content (AvgIpc) is 2.90. The van der Waals surface area contributed by atoms with Gasteiger partial charge in [0.05, 0.1) is 11.1 Å². The Morgan fingerprint density at radius 2 is 2.10 bits per heavy atom. The number of anilines is 1. The maximum Gasteiger partial charge on any atom is 0.417 e. The van der Waals surface area contributed by atoms with Gasteiger partial charge in [0, 0.05) is 12.2 Å². The van der Waals surface area contributed by atoms with Gasteiger partial charge in [0.15, 0.2) is 0 Å². The Bertz CT molecular complexity index is 565. The average molecular weight is 299 g/mol. The van der Waals surface area contributed by atoms with Crippen molar-refractivity contribution in [1.29, 1.82) is 0 Å². The molecule has 1 aromatic carbocycles. The highest BCUT2D eigenvalue weighted by Crippen LogP contribution is 2.33. The van der Waals surface area contributed by atoms with Crippen LogP contribution in [0.2, 0.25) is 0 Å². The van der Waals surface area contributed by atoms with E-state index in [9.17, 15) is 18.0 Å². The van der Waals surface area contributed by atoms with Crippen molar-refractivity contribution < 1.29 is 23.1 Å². The van der Waals surface area contributed by atoms with Crippen LogP contribution in [0.1, 0.15) is 41.6 Å². The van der Waals surface area contributed by atoms with E-state index in [0.717, 1.165) is 37.8 Å². The predicted molar refractivity (Wildman–Crippen MR) is 73.4 cm³/mol. The SMILES string of the molecule is O=C(O)c1cc(NCCC2=CCCC2)ccc1C(F)(F)F. The highest BCUT2D eigenvalue weighted by molar-refractivity contribution is 5.91. The lowest BCUT2D eigenvalue weighted by Gasteiger charge is -2.13. The number of aromatic carboxylic acids is 1. The molecule has 0 spiro atoms. The molecule has 114 valence electrons. The van der Waals surface area contributed by atoms with E-state index in [1.54, 1.807) is 0 Å². The first kappa shape index (κ1) is 15.4. The molecule has 0 heterocycles. The third-order valence-electron chi connectivity index (χ3n) is 3.47. The molecule has 1 aliphatic rings. The number of carboxylic acids is 1. The van der Waals surface area contributed by atoms with Gasteiger partial charge >= 0.3 is 12.1 Å². The molecule has 0 atom stereocenters. The standard InChI is InChI=1S/C15H16F3NO2/c16-15(17,18)13-6-5-11(9-12(13)14(20)21)19-8-7-10-3-1-2-4-10/h3,5-6,9,19H,1-2,4,7-8H2,(H,20,21). The maximum atomic E-state index is 12.7. The predicted octanol–water partition coefficient (Wildman–Crippen LogP) is 4.32. The van der Waals surface area contributed by atoms with Crippen molar-refractivity contribution in [3.05, 3.63) is 41.0 Å². The summed E-state index contributed by atoms with van der Waals surface area (Å²) in [5, 5.41) is 11.9. The molecule has 0 saturated carbocycles. The number of alkyl halides is 3. The first-order chi connectivity index (χ1) is 9.88. The summed E-state index contributed by atoms with van der Waals surface area (Å²) in [6.07, 6.45) is 1.63. The lowest BCUT2D eigenvalue weighted by atomic mass is 10.1. The number of benzene rings is 1. The quantitative estimate of drug-likeness (QED) is 0.796. The first-order valence-corrected chi connectivity index (χ1v) is 6.74. The summed E-state index contributed by atoms with van der Waals surface area (Å²) < 4.78 is 38.1. The van der Waals surface area contributed by atoms with Gasteiger partial charge in [0.2, 0.25) is 0 Å². The van der Waals surface area contributed by atoms with Gasteiger partial charge in [0.25, 0.3) is 0 Å². The Labute approximate surface area is 120 Å². The van der Waals surface area contributed by atoms with Crippen molar-refractivity contribution in [2.24, 2.45) is 0 Å². The minimum Gasteiger partial charge on any atom is -0.478 e. The molecule has 2 N–H and O–H groups in total. The van der Waals surface area contributed by atoms with Crippen LogP contribution in [0, 0.1) is 0 Å². The molecule has 6 heteroatoms. The van der Waals surface area contributed by atoms with E-state index in [1.807, 2.05) is 0 Å². The molecule has 21 heavy (non-hydrogen) atoms. The zero-order valence-corrected chi connectivity index (χ0v) is 11.3. The molecule has 1 aliphatic carbocycles. The molecule has 0 fully saturated rings. The van der Waals surface area contributed by atoms with E-state index < -0.39 is 23.3 Å². The minimum absolute atomic E-state index is 0.388. The van der Waals surface area contributed by atoms with Crippen molar-refractivity contribution in [3.63, 3.8) is 0 Å². The summed E-state index contributed by atoms with van der Waals surface area (Å²) in [7, 11) is 0. The first-order valence-electron chi connectivity index (χ1n) is 6.74. The molecule has 0 bridgehead atoms. The van der Waals surface area contributed by atoms with Crippen LogP contribution in [0.15, 0.2) is 29.8 Å². The smallest absolute Gasteiger partial charge is 0.417 e. The normalized spacial score (nSPS) is 14.9. The minimum atomic E-state index is -4.67. The molecule has 3 nitrogen and oxygen atoms in total. The van der Waals surface area contributed by atoms with Crippen molar-refractivity contribution in [2.45, 2.75) is 31.9 Å². The van der Waals surface area contributed by atoms with Gasteiger partial charge in [-0.25, -0.2) is 4.79 Å². The zero-order valence-electron chi connectivity index (χ0n) is 11.3. The Morgan fingerprint density at radius 3 is 2.67 bits per heavy atom. The van der Waals surface area contributed by atoms with Crippen molar-refractivity contribution in [1.82, 2.24) is 0 Å². The monoisotopic (exact) mass is 299 g/mol. The second-order valence-corrected chi connectivity index (χ2v) is 4.99. The van der Waals surface area contributed by atoms with E-state index in [1.165, 1.54) is 11.6 Å². The Balaban J connectivity index is 2.07. The van der Waals surface area contributed by atoms with Crippen molar-refractivity contribution in [3.8, 4) is 0 Å².